The van der Waals surface area contributed by atoms with Crippen LogP contribution in [0.5, 0.6) is 5.75 Å². The number of nitrogens with one attached hydrogen (secondary N) is 2. The lowest BCUT2D eigenvalue weighted by Crippen LogP contribution is -2.39. The number of amides is 2. The first kappa shape index (κ1) is 18.8. The molecule has 0 saturated carbocycles. The molecular weight excluding hydrogens is 340 g/mol. The predicted octanol–water partition coefficient (Wildman–Crippen LogP) is 2.62. The highest BCUT2D eigenvalue weighted by atomic mass is 32.2. The molecule has 2 aromatic rings. The molecule has 2 N–H and O–H groups in total. The molecule has 0 aromatic heterocycles. The summed E-state index contributed by atoms with van der Waals surface area (Å²) in [7, 11) is -2.24. The summed E-state index contributed by atoms with van der Waals surface area (Å²) in [6, 6.07) is 13.2. The Hall–Kier alpha value is -2.54. The smallest absolute Gasteiger partial charge is 0.328 e. The molecule has 134 valence electrons. The summed E-state index contributed by atoms with van der Waals surface area (Å²) < 4.78 is 31.3. The topological polar surface area (TPSA) is 84.5 Å². The van der Waals surface area contributed by atoms with Crippen LogP contribution >= 0.6 is 0 Å². The van der Waals surface area contributed by atoms with E-state index in [0.29, 0.717) is 13.0 Å². The van der Waals surface area contributed by atoms with Crippen LogP contribution in [-0.4, -0.2) is 28.1 Å². The normalized spacial score (nSPS) is 11.0. The number of methoxy groups -OCH3 is 1. The van der Waals surface area contributed by atoms with E-state index in [4.69, 9.17) is 4.74 Å². The summed E-state index contributed by atoms with van der Waals surface area (Å²) in [6.07, 6.45) is 1.47. The van der Waals surface area contributed by atoms with Crippen molar-refractivity contribution in [2.45, 2.75) is 24.7 Å². The molecule has 2 amide bonds. The van der Waals surface area contributed by atoms with Crippen LogP contribution in [0, 0.1) is 6.92 Å². The van der Waals surface area contributed by atoms with E-state index in [0.717, 1.165) is 23.3 Å². The molecule has 0 unspecified atom stereocenters. The zero-order valence-corrected chi connectivity index (χ0v) is 15.1. The molecule has 0 saturated heterocycles. The summed E-state index contributed by atoms with van der Waals surface area (Å²) in [6.45, 7) is 2.24. The van der Waals surface area contributed by atoms with Crippen molar-refractivity contribution in [3.8, 4) is 5.75 Å². The molecular formula is C18H22N2O4S. The number of hydrogen-bond acceptors (Lipinski definition) is 4. The van der Waals surface area contributed by atoms with Crippen molar-refractivity contribution in [2.24, 2.45) is 0 Å². The number of sulfonamides is 1. The number of rotatable bonds is 7. The highest BCUT2D eigenvalue weighted by Gasteiger charge is 2.16. The summed E-state index contributed by atoms with van der Waals surface area (Å²) in [4.78, 5) is 11.8. The van der Waals surface area contributed by atoms with Gasteiger partial charge in [0.1, 0.15) is 5.75 Å². The van der Waals surface area contributed by atoms with Crippen molar-refractivity contribution in [2.75, 3.05) is 13.7 Å². The van der Waals surface area contributed by atoms with Gasteiger partial charge in [-0.3, -0.25) is 0 Å². The molecule has 7 heteroatoms. The fourth-order valence-electron chi connectivity index (χ4n) is 2.22. The Morgan fingerprint density at radius 2 is 1.68 bits per heavy atom. The molecule has 2 rings (SSSR count). The Morgan fingerprint density at radius 1 is 1.04 bits per heavy atom. The number of carbonyl (C=O) groups excluding carboxylic acids is 1. The molecule has 25 heavy (non-hydrogen) atoms. The van der Waals surface area contributed by atoms with Crippen LogP contribution in [0.3, 0.4) is 0 Å². The lowest BCUT2D eigenvalue weighted by atomic mass is 10.1. The third kappa shape index (κ3) is 5.79. The fourth-order valence-corrected chi connectivity index (χ4v) is 3.15. The van der Waals surface area contributed by atoms with Crippen LogP contribution in [-0.2, 0) is 16.4 Å². The van der Waals surface area contributed by atoms with Crippen LogP contribution in [0.4, 0.5) is 4.79 Å². The molecule has 6 nitrogen and oxygen atoms in total. The van der Waals surface area contributed by atoms with Crippen molar-refractivity contribution in [1.29, 1.82) is 0 Å². The minimum atomic E-state index is -3.85. The largest absolute Gasteiger partial charge is 0.497 e. The highest BCUT2D eigenvalue weighted by molar-refractivity contribution is 7.90. The third-order valence-electron chi connectivity index (χ3n) is 3.65. The van der Waals surface area contributed by atoms with E-state index in [2.05, 4.69) is 5.32 Å². The van der Waals surface area contributed by atoms with Gasteiger partial charge in [0.15, 0.2) is 0 Å². The van der Waals surface area contributed by atoms with Gasteiger partial charge in [0.2, 0.25) is 0 Å². The van der Waals surface area contributed by atoms with Crippen LogP contribution < -0.4 is 14.8 Å². The standard InChI is InChI=1S/C18H22N2O4S/c1-14-5-11-17(12-6-14)25(22,23)20-18(21)19-13-3-4-15-7-9-16(24-2)10-8-15/h5-12H,3-4,13H2,1-2H3,(H2,19,20,21). The van der Waals surface area contributed by atoms with Crippen molar-refractivity contribution in [3.63, 3.8) is 0 Å². The Bertz CT molecular complexity index is 800. The van der Waals surface area contributed by atoms with Gasteiger partial charge in [-0.15, -0.1) is 0 Å². The van der Waals surface area contributed by atoms with Crippen molar-refractivity contribution in [3.05, 3.63) is 59.7 Å². The number of carbonyl (C=O) groups is 1. The quantitative estimate of drug-likeness (QED) is 0.742. The number of urea groups is 1. The molecule has 0 aliphatic rings. The van der Waals surface area contributed by atoms with Gasteiger partial charge >= 0.3 is 6.03 Å². The number of hydrogen-bond donors (Lipinski definition) is 2. The summed E-state index contributed by atoms with van der Waals surface area (Å²) in [5, 5.41) is 2.56. The van der Waals surface area contributed by atoms with E-state index < -0.39 is 16.1 Å². The highest BCUT2D eigenvalue weighted by Crippen LogP contribution is 2.12. The SMILES string of the molecule is COc1ccc(CCCNC(=O)NS(=O)(=O)c2ccc(C)cc2)cc1. The van der Waals surface area contributed by atoms with Crippen LogP contribution in [0.1, 0.15) is 17.5 Å². The molecule has 0 radical (unpaired) electrons. The maximum Gasteiger partial charge on any atom is 0.328 e. The molecule has 0 atom stereocenters. The van der Waals surface area contributed by atoms with Gasteiger partial charge in [-0.05, 0) is 49.6 Å². The van der Waals surface area contributed by atoms with Crippen molar-refractivity contribution < 1.29 is 17.9 Å². The molecule has 0 heterocycles. The maximum atomic E-state index is 12.1. The van der Waals surface area contributed by atoms with Crippen LogP contribution in [0.25, 0.3) is 0 Å². The molecule has 0 aliphatic heterocycles. The second-order valence-corrected chi connectivity index (χ2v) is 7.31. The van der Waals surface area contributed by atoms with E-state index in [1.807, 2.05) is 35.9 Å². The van der Waals surface area contributed by atoms with E-state index in [-0.39, 0.29) is 4.90 Å². The minimum Gasteiger partial charge on any atom is -0.497 e. The Kier molecular flexibility index (Phi) is 6.41. The first-order chi connectivity index (χ1) is 11.9. The number of benzene rings is 2. The number of aryl methyl sites for hydroxylation is 2. The van der Waals surface area contributed by atoms with Gasteiger partial charge in [-0.2, -0.15) is 0 Å². The van der Waals surface area contributed by atoms with Gasteiger partial charge in [0, 0.05) is 6.54 Å². The first-order valence-corrected chi connectivity index (χ1v) is 9.39. The van der Waals surface area contributed by atoms with E-state index >= 15 is 0 Å². The van der Waals surface area contributed by atoms with Gasteiger partial charge in [-0.25, -0.2) is 17.9 Å². The molecule has 2 aromatic carbocycles. The average molecular weight is 362 g/mol. The molecule has 0 fully saturated rings. The monoisotopic (exact) mass is 362 g/mol. The maximum absolute atomic E-state index is 12.1. The zero-order valence-electron chi connectivity index (χ0n) is 14.3. The minimum absolute atomic E-state index is 0.0616. The zero-order chi connectivity index (χ0) is 18.3. The van der Waals surface area contributed by atoms with Gasteiger partial charge in [0.05, 0.1) is 12.0 Å². The van der Waals surface area contributed by atoms with Gasteiger partial charge in [-0.1, -0.05) is 29.8 Å². The molecule has 0 aliphatic carbocycles. The van der Waals surface area contributed by atoms with E-state index in [9.17, 15) is 13.2 Å². The summed E-state index contributed by atoms with van der Waals surface area (Å²) in [5.74, 6) is 0.794. The lowest BCUT2D eigenvalue weighted by molar-refractivity contribution is 0.245. The van der Waals surface area contributed by atoms with E-state index in [1.54, 1.807) is 19.2 Å². The van der Waals surface area contributed by atoms with Crippen molar-refractivity contribution in [1.82, 2.24) is 10.0 Å². The van der Waals surface area contributed by atoms with Crippen LogP contribution in [0.15, 0.2) is 53.4 Å². The molecule has 0 spiro atoms. The Balaban J connectivity index is 1.77. The summed E-state index contributed by atoms with van der Waals surface area (Å²) in [5.41, 5.74) is 2.07. The van der Waals surface area contributed by atoms with Crippen LogP contribution in [0.2, 0.25) is 0 Å². The Labute approximate surface area is 148 Å². The Morgan fingerprint density at radius 3 is 2.28 bits per heavy atom. The van der Waals surface area contributed by atoms with Gasteiger partial charge < -0.3 is 10.1 Å². The third-order valence-corrected chi connectivity index (χ3v) is 4.99. The predicted molar refractivity (Wildman–Crippen MR) is 96.2 cm³/mol. The second-order valence-electron chi connectivity index (χ2n) is 5.63. The average Bonchev–Trinajstić information content (AvgIpc) is 2.59. The molecule has 0 bridgehead atoms. The fraction of sp³-hybridized carbons (Fsp3) is 0.278. The van der Waals surface area contributed by atoms with Gasteiger partial charge in [0.25, 0.3) is 10.0 Å². The second kappa shape index (κ2) is 8.53. The van der Waals surface area contributed by atoms with Crippen molar-refractivity contribution >= 4 is 16.1 Å². The van der Waals surface area contributed by atoms with E-state index in [1.165, 1.54) is 12.1 Å². The lowest BCUT2D eigenvalue weighted by Gasteiger charge is -2.09. The first-order valence-electron chi connectivity index (χ1n) is 7.91. The number of ether oxygens (including phenoxy) is 1. The summed E-state index contributed by atoms with van der Waals surface area (Å²) >= 11 is 0.